The van der Waals surface area contributed by atoms with Crippen molar-refractivity contribution in [2.24, 2.45) is 5.92 Å². The minimum absolute atomic E-state index is 0.0460. The van der Waals surface area contributed by atoms with Crippen LogP contribution in [-0.2, 0) is 0 Å². The van der Waals surface area contributed by atoms with Crippen LogP contribution in [0.5, 0.6) is 5.95 Å². The van der Waals surface area contributed by atoms with Crippen molar-refractivity contribution in [3.8, 4) is 5.95 Å². The van der Waals surface area contributed by atoms with Gasteiger partial charge in [0.2, 0.25) is 0 Å². The Kier molecular flexibility index (Phi) is 4.55. The van der Waals surface area contributed by atoms with Crippen molar-refractivity contribution in [1.29, 1.82) is 0 Å². The normalized spacial score (nSPS) is 11.1. The lowest BCUT2D eigenvalue weighted by Gasteiger charge is -2.10. The summed E-state index contributed by atoms with van der Waals surface area (Å²) in [6, 6.07) is 5.45. The molecular formula is C15H18ClNO3. The molecular weight excluding hydrogens is 278 g/mol. The molecule has 0 unspecified atom stereocenters. The van der Waals surface area contributed by atoms with E-state index < -0.39 is 5.63 Å². The number of ether oxygens (including phenoxy) is 1. The van der Waals surface area contributed by atoms with Gasteiger partial charge in [-0.15, -0.1) is 0 Å². The largest absolute Gasteiger partial charge is 0.467 e. The Hall–Kier alpha value is -1.68. The summed E-state index contributed by atoms with van der Waals surface area (Å²) in [5.41, 5.74) is 0.431. The minimum Gasteiger partial charge on any atom is -0.467 e. The van der Waals surface area contributed by atoms with Gasteiger partial charge in [-0.25, -0.2) is 4.79 Å². The molecule has 0 spiro atoms. The summed E-state index contributed by atoms with van der Waals surface area (Å²) in [6.07, 6.45) is 1.07. The highest BCUT2D eigenvalue weighted by Crippen LogP contribution is 2.31. The Balaban J connectivity index is 2.35. The van der Waals surface area contributed by atoms with Gasteiger partial charge >= 0.3 is 11.6 Å². The molecule has 0 radical (unpaired) electrons. The lowest BCUT2D eigenvalue weighted by Crippen LogP contribution is -2.06. The van der Waals surface area contributed by atoms with E-state index >= 15 is 0 Å². The molecule has 1 heterocycles. The number of hydrogen-bond donors (Lipinski definition) is 1. The van der Waals surface area contributed by atoms with E-state index in [2.05, 4.69) is 19.2 Å². The quantitative estimate of drug-likeness (QED) is 0.908. The molecule has 0 bridgehead atoms. The number of nitrogens with one attached hydrogen (secondary N) is 1. The summed E-state index contributed by atoms with van der Waals surface area (Å²) in [4.78, 5) is 11.9. The highest BCUT2D eigenvalue weighted by molar-refractivity contribution is 6.36. The van der Waals surface area contributed by atoms with Crippen molar-refractivity contribution < 1.29 is 9.15 Å². The fraction of sp³-hybridized carbons (Fsp3) is 0.400. The van der Waals surface area contributed by atoms with E-state index in [4.69, 9.17) is 20.8 Å². The van der Waals surface area contributed by atoms with Crippen molar-refractivity contribution in [2.75, 3.05) is 19.0 Å². The number of hydrogen-bond acceptors (Lipinski definition) is 4. The van der Waals surface area contributed by atoms with E-state index in [0.29, 0.717) is 21.7 Å². The Morgan fingerprint density at radius 3 is 2.75 bits per heavy atom. The summed E-state index contributed by atoms with van der Waals surface area (Å²) in [5, 5.41) is 4.69. The van der Waals surface area contributed by atoms with Gasteiger partial charge in [-0.2, -0.15) is 0 Å². The summed E-state index contributed by atoms with van der Waals surface area (Å²) < 4.78 is 9.97. The maximum absolute atomic E-state index is 11.9. The predicted molar refractivity (Wildman–Crippen MR) is 82.0 cm³/mol. The molecule has 2 rings (SSSR count). The summed E-state index contributed by atoms with van der Waals surface area (Å²) in [6.45, 7) is 5.20. The molecule has 0 aliphatic rings. The van der Waals surface area contributed by atoms with Crippen LogP contribution < -0.4 is 15.7 Å². The molecule has 0 saturated carbocycles. The number of anilines is 1. The third kappa shape index (κ3) is 3.07. The van der Waals surface area contributed by atoms with E-state index in [0.717, 1.165) is 18.7 Å². The molecule has 1 N–H and O–H groups in total. The standard InChI is InChI=1S/C15H18ClNO3/c1-9(2)6-7-17-10-4-5-11-12(8-10)14(18)20-15(19-3)13(11)16/h4-5,8-9,17H,6-7H2,1-3H3. The van der Waals surface area contributed by atoms with Crippen LogP contribution in [0.25, 0.3) is 10.8 Å². The van der Waals surface area contributed by atoms with Gasteiger partial charge in [0.1, 0.15) is 5.02 Å². The number of halogens is 1. The van der Waals surface area contributed by atoms with E-state index in [1.165, 1.54) is 7.11 Å². The van der Waals surface area contributed by atoms with Crippen molar-refractivity contribution in [3.63, 3.8) is 0 Å². The number of methoxy groups -OCH3 is 1. The van der Waals surface area contributed by atoms with Crippen molar-refractivity contribution in [3.05, 3.63) is 33.6 Å². The average Bonchev–Trinajstić information content (AvgIpc) is 2.42. The highest BCUT2D eigenvalue weighted by atomic mass is 35.5. The second-order valence-corrected chi connectivity index (χ2v) is 5.44. The van der Waals surface area contributed by atoms with E-state index in [1.807, 2.05) is 6.07 Å². The lowest BCUT2D eigenvalue weighted by molar-refractivity contribution is 0.289. The SMILES string of the molecule is COc1oc(=O)c2cc(NCCC(C)C)ccc2c1Cl. The third-order valence-corrected chi connectivity index (χ3v) is 3.43. The van der Waals surface area contributed by atoms with Gasteiger partial charge in [0.05, 0.1) is 12.5 Å². The summed E-state index contributed by atoms with van der Waals surface area (Å²) >= 11 is 6.13. The Morgan fingerprint density at radius 1 is 1.35 bits per heavy atom. The molecule has 2 aromatic rings. The summed E-state index contributed by atoms with van der Waals surface area (Å²) in [5.74, 6) is 0.677. The van der Waals surface area contributed by atoms with Crippen molar-refractivity contribution in [2.45, 2.75) is 20.3 Å². The molecule has 108 valence electrons. The van der Waals surface area contributed by atoms with Gasteiger partial charge in [-0.3, -0.25) is 0 Å². The van der Waals surface area contributed by atoms with Gasteiger partial charge in [0.25, 0.3) is 0 Å². The molecule has 4 nitrogen and oxygen atoms in total. The molecule has 0 aliphatic carbocycles. The Bertz CT molecular complexity index is 664. The second-order valence-electron chi connectivity index (χ2n) is 5.06. The van der Waals surface area contributed by atoms with Crippen LogP contribution in [-0.4, -0.2) is 13.7 Å². The molecule has 0 atom stereocenters. The minimum atomic E-state index is -0.450. The topological polar surface area (TPSA) is 51.5 Å². The van der Waals surface area contributed by atoms with Crippen LogP contribution in [0, 0.1) is 5.92 Å². The monoisotopic (exact) mass is 295 g/mol. The first kappa shape index (κ1) is 14.7. The molecule has 0 amide bonds. The van der Waals surface area contributed by atoms with Crippen LogP contribution in [0.2, 0.25) is 5.02 Å². The molecule has 1 aromatic heterocycles. The predicted octanol–water partition coefficient (Wildman–Crippen LogP) is 3.91. The number of rotatable bonds is 5. The van der Waals surface area contributed by atoms with Gasteiger partial charge in [-0.1, -0.05) is 31.5 Å². The van der Waals surface area contributed by atoms with Gasteiger partial charge in [0.15, 0.2) is 0 Å². The third-order valence-electron chi connectivity index (χ3n) is 3.08. The van der Waals surface area contributed by atoms with Crippen LogP contribution in [0.15, 0.2) is 27.4 Å². The second kappa shape index (κ2) is 6.18. The first-order valence-electron chi connectivity index (χ1n) is 6.57. The van der Waals surface area contributed by atoms with Gasteiger partial charge < -0.3 is 14.5 Å². The van der Waals surface area contributed by atoms with Crippen molar-refractivity contribution >= 4 is 28.1 Å². The molecule has 0 saturated heterocycles. The summed E-state index contributed by atoms with van der Waals surface area (Å²) in [7, 11) is 1.41. The van der Waals surface area contributed by atoms with E-state index in [1.54, 1.807) is 12.1 Å². The molecule has 5 heteroatoms. The first-order valence-corrected chi connectivity index (χ1v) is 6.95. The zero-order valence-electron chi connectivity index (χ0n) is 11.8. The zero-order chi connectivity index (χ0) is 14.7. The van der Waals surface area contributed by atoms with Crippen LogP contribution in [0.1, 0.15) is 20.3 Å². The number of fused-ring (bicyclic) bond motifs is 1. The zero-order valence-corrected chi connectivity index (χ0v) is 12.6. The Morgan fingerprint density at radius 2 is 2.10 bits per heavy atom. The first-order chi connectivity index (χ1) is 9.52. The molecule has 0 fully saturated rings. The highest BCUT2D eigenvalue weighted by Gasteiger charge is 2.12. The maximum atomic E-state index is 11.9. The smallest absolute Gasteiger partial charge is 0.346 e. The van der Waals surface area contributed by atoms with Crippen LogP contribution >= 0.6 is 11.6 Å². The fourth-order valence-corrected chi connectivity index (χ4v) is 2.23. The van der Waals surface area contributed by atoms with Crippen LogP contribution in [0.4, 0.5) is 5.69 Å². The molecule has 0 aliphatic heterocycles. The average molecular weight is 296 g/mol. The van der Waals surface area contributed by atoms with Crippen molar-refractivity contribution in [1.82, 2.24) is 0 Å². The maximum Gasteiger partial charge on any atom is 0.346 e. The Labute approximate surface area is 122 Å². The van der Waals surface area contributed by atoms with Gasteiger partial charge in [0, 0.05) is 17.6 Å². The lowest BCUT2D eigenvalue weighted by atomic mass is 10.1. The molecule has 1 aromatic carbocycles. The molecule has 20 heavy (non-hydrogen) atoms. The van der Waals surface area contributed by atoms with Crippen LogP contribution in [0.3, 0.4) is 0 Å². The fourth-order valence-electron chi connectivity index (χ4n) is 1.94. The van der Waals surface area contributed by atoms with E-state index in [9.17, 15) is 4.79 Å². The van der Waals surface area contributed by atoms with E-state index in [-0.39, 0.29) is 5.95 Å². The number of benzene rings is 1. The van der Waals surface area contributed by atoms with Gasteiger partial charge in [-0.05, 0) is 24.5 Å².